The van der Waals surface area contributed by atoms with E-state index in [-0.39, 0.29) is 12.4 Å². The number of hydrogen-bond acceptors (Lipinski definition) is 6. The molecule has 3 nitrogen and oxygen atoms in total. The highest BCUT2D eigenvalue weighted by atomic mass is 32.2. The molecule has 23 heavy (non-hydrogen) atoms. The van der Waals surface area contributed by atoms with Gasteiger partial charge >= 0.3 is 5.97 Å². The fourth-order valence-corrected chi connectivity index (χ4v) is 5.85. The summed E-state index contributed by atoms with van der Waals surface area (Å²) in [5.74, 6) is 1.73. The minimum Gasteiger partial charge on any atom is -0.454 e. The predicted octanol–water partition coefficient (Wildman–Crippen LogP) is 4.57. The molecule has 0 amide bonds. The van der Waals surface area contributed by atoms with Crippen molar-refractivity contribution >= 4 is 46.6 Å². The first kappa shape index (κ1) is 16.6. The molecule has 0 spiro atoms. The third kappa shape index (κ3) is 4.19. The highest BCUT2D eigenvalue weighted by Crippen LogP contribution is 2.45. The van der Waals surface area contributed by atoms with Gasteiger partial charge in [-0.3, -0.25) is 4.79 Å². The molecule has 1 aromatic carbocycles. The maximum absolute atomic E-state index is 12.0. The van der Waals surface area contributed by atoms with Crippen LogP contribution in [0.1, 0.15) is 35.1 Å². The van der Waals surface area contributed by atoms with Gasteiger partial charge in [-0.15, -0.1) is 34.9 Å². The topological polar surface area (TPSA) is 43.4 Å². The number of esters is 1. The van der Waals surface area contributed by atoms with Crippen LogP contribution in [0.2, 0.25) is 0 Å². The van der Waals surface area contributed by atoms with Crippen LogP contribution in [0.25, 0.3) is 0 Å². The summed E-state index contributed by atoms with van der Waals surface area (Å²) in [6.07, 6.45) is 0. The molecular formula is C17H16O3S3. The zero-order valence-electron chi connectivity index (χ0n) is 12.6. The van der Waals surface area contributed by atoms with Crippen molar-refractivity contribution in [1.82, 2.24) is 0 Å². The third-order valence-electron chi connectivity index (χ3n) is 3.39. The fraction of sp³-hybridized carbons (Fsp3) is 0.294. The quantitative estimate of drug-likeness (QED) is 0.574. The first-order valence-corrected chi connectivity index (χ1v) is 10.1. The summed E-state index contributed by atoms with van der Waals surface area (Å²) in [4.78, 5) is 25.7. The van der Waals surface area contributed by atoms with Crippen LogP contribution < -0.4 is 0 Å². The molecule has 1 aliphatic heterocycles. The van der Waals surface area contributed by atoms with E-state index < -0.39 is 5.97 Å². The summed E-state index contributed by atoms with van der Waals surface area (Å²) in [5.41, 5.74) is 1.70. The van der Waals surface area contributed by atoms with Gasteiger partial charge in [0.15, 0.2) is 6.61 Å². The largest absolute Gasteiger partial charge is 0.454 e. The Morgan fingerprint density at radius 2 is 1.78 bits per heavy atom. The van der Waals surface area contributed by atoms with E-state index in [1.807, 2.05) is 48.6 Å². The molecule has 0 atom stereocenters. The maximum Gasteiger partial charge on any atom is 0.338 e. The van der Waals surface area contributed by atoms with E-state index in [0.29, 0.717) is 15.0 Å². The summed E-state index contributed by atoms with van der Waals surface area (Å²) >= 11 is 5.27. The van der Waals surface area contributed by atoms with Crippen molar-refractivity contribution < 1.29 is 14.3 Å². The summed E-state index contributed by atoms with van der Waals surface area (Å²) in [6.45, 7) is 1.73. The van der Waals surface area contributed by atoms with E-state index in [0.717, 1.165) is 4.88 Å². The molecule has 1 aliphatic rings. The van der Waals surface area contributed by atoms with Crippen LogP contribution in [0.4, 0.5) is 0 Å². The van der Waals surface area contributed by atoms with Crippen LogP contribution in [0, 0.1) is 6.92 Å². The van der Waals surface area contributed by atoms with Gasteiger partial charge in [0.1, 0.15) is 0 Å². The van der Waals surface area contributed by atoms with E-state index in [4.69, 9.17) is 4.74 Å². The number of aryl methyl sites for hydroxylation is 1. The third-order valence-corrected chi connectivity index (χ3v) is 7.54. The Balaban J connectivity index is 1.56. The van der Waals surface area contributed by atoms with Crippen LogP contribution in [-0.4, -0.2) is 29.9 Å². The maximum atomic E-state index is 12.0. The normalized spacial score (nSPS) is 14.8. The molecule has 0 radical (unpaired) electrons. The Morgan fingerprint density at radius 1 is 1.09 bits per heavy atom. The number of carbonyl (C=O) groups excluding carboxylic acids is 2. The van der Waals surface area contributed by atoms with Crippen LogP contribution in [-0.2, 0) is 4.74 Å². The number of thiophene rings is 1. The van der Waals surface area contributed by atoms with Crippen molar-refractivity contribution in [3.8, 4) is 0 Å². The number of thioether (sulfide) groups is 2. The zero-order chi connectivity index (χ0) is 16.2. The monoisotopic (exact) mass is 364 g/mol. The van der Waals surface area contributed by atoms with Gasteiger partial charge in [0.25, 0.3) is 0 Å². The lowest BCUT2D eigenvalue weighted by atomic mass is 10.1. The molecule has 0 aliphatic carbocycles. The smallest absolute Gasteiger partial charge is 0.338 e. The number of rotatable bonds is 5. The molecule has 6 heteroatoms. The van der Waals surface area contributed by atoms with Gasteiger partial charge in [0.05, 0.1) is 15.0 Å². The van der Waals surface area contributed by atoms with Crippen LogP contribution in [0.15, 0.2) is 36.4 Å². The van der Waals surface area contributed by atoms with Crippen molar-refractivity contribution in [1.29, 1.82) is 0 Å². The van der Waals surface area contributed by atoms with Crippen molar-refractivity contribution in [2.24, 2.45) is 0 Å². The molecule has 1 fully saturated rings. The Hall–Kier alpha value is -1.24. The molecule has 0 N–H and O–H groups in total. The molecular weight excluding hydrogens is 348 g/mol. The molecule has 0 saturated carbocycles. The van der Waals surface area contributed by atoms with E-state index in [1.165, 1.54) is 28.4 Å². The molecule has 1 aromatic heterocycles. The lowest BCUT2D eigenvalue weighted by Gasteiger charge is -2.09. The summed E-state index contributed by atoms with van der Waals surface area (Å²) in [7, 11) is 0. The summed E-state index contributed by atoms with van der Waals surface area (Å²) in [5, 5.41) is 0. The summed E-state index contributed by atoms with van der Waals surface area (Å²) < 4.78 is 5.59. The van der Waals surface area contributed by atoms with Gasteiger partial charge in [-0.2, -0.15) is 0 Å². The van der Waals surface area contributed by atoms with Gasteiger partial charge in [0, 0.05) is 16.4 Å². The number of ether oxygens (including phenoxy) is 1. The molecule has 120 valence electrons. The fourth-order valence-electron chi connectivity index (χ4n) is 2.20. The standard InChI is InChI=1S/C17H16O3S3/c1-11-2-7-15(23-11)14(18)10-20-16(19)12-3-5-13(6-4-12)17-21-8-9-22-17/h2-7,17H,8-10H2,1H3. The van der Waals surface area contributed by atoms with Crippen molar-refractivity contribution in [2.45, 2.75) is 11.5 Å². The zero-order valence-corrected chi connectivity index (χ0v) is 15.1. The SMILES string of the molecule is Cc1ccc(C(=O)COC(=O)c2ccc(C3SCCS3)cc2)s1. The van der Waals surface area contributed by atoms with Gasteiger partial charge in [0.2, 0.25) is 5.78 Å². The first-order valence-electron chi connectivity index (χ1n) is 7.23. The molecule has 1 saturated heterocycles. The number of benzene rings is 1. The van der Waals surface area contributed by atoms with E-state index in [2.05, 4.69) is 0 Å². The Morgan fingerprint density at radius 3 is 2.39 bits per heavy atom. The summed E-state index contributed by atoms with van der Waals surface area (Å²) in [6, 6.07) is 11.1. The Kier molecular flexibility index (Phi) is 5.46. The van der Waals surface area contributed by atoms with E-state index in [9.17, 15) is 9.59 Å². The second-order valence-electron chi connectivity index (χ2n) is 5.11. The van der Waals surface area contributed by atoms with Gasteiger partial charge in [-0.25, -0.2) is 4.79 Å². The van der Waals surface area contributed by atoms with Gasteiger partial charge in [-0.05, 0) is 36.8 Å². The second kappa shape index (κ2) is 7.55. The lowest BCUT2D eigenvalue weighted by Crippen LogP contribution is -2.13. The number of hydrogen-bond donors (Lipinski definition) is 0. The van der Waals surface area contributed by atoms with Crippen LogP contribution in [0.5, 0.6) is 0 Å². The average Bonchev–Trinajstić information content (AvgIpc) is 3.24. The lowest BCUT2D eigenvalue weighted by molar-refractivity contribution is 0.0476. The second-order valence-corrected chi connectivity index (χ2v) is 9.12. The molecule has 2 heterocycles. The number of Topliss-reactive ketones (excluding diaryl/α,β-unsaturated/α-hetero) is 1. The molecule has 3 rings (SSSR count). The Bertz CT molecular complexity index is 700. The Labute approximate surface area is 147 Å². The van der Waals surface area contributed by atoms with Gasteiger partial charge in [-0.1, -0.05) is 12.1 Å². The molecule has 2 aromatic rings. The van der Waals surface area contributed by atoms with Crippen LogP contribution >= 0.6 is 34.9 Å². The first-order chi connectivity index (χ1) is 11.1. The highest BCUT2D eigenvalue weighted by Gasteiger charge is 2.19. The van der Waals surface area contributed by atoms with E-state index in [1.54, 1.807) is 18.2 Å². The highest BCUT2D eigenvalue weighted by molar-refractivity contribution is 8.19. The predicted molar refractivity (Wildman–Crippen MR) is 97.8 cm³/mol. The van der Waals surface area contributed by atoms with Crippen molar-refractivity contribution in [3.05, 3.63) is 57.3 Å². The number of ketones is 1. The minimum atomic E-state index is -0.454. The molecule has 0 bridgehead atoms. The van der Waals surface area contributed by atoms with Crippen molar-refractivity contribution in [2.75, 3.05) is 18.1 Å². The number of carbonyl (C=O) groups is 2. The minimum absolute atomic E-state index is 0.160. The average molecular weight is 365 g/mol. The van der Waals surface area contributed by atoms with Crippen LogP contribution in [0.3, 0.4) is 0 Å². The molecule has 0 unspecified atom stereocenters. The van der Waals surface area contributed by atoms with E-state index >= 15 is 0 Å². The van der Waals surface area contributed by atoms with Gasteiger partial charge < -0.3 is 4.74 Å². The van der Waals surface area contributed by atoms with Crippen molar-refractivity contribution in [3.63, 3.8) is 0 Å².